The number of phenolic OH excluding ortho intramolecular Hbond substituents is 1. The predicted molar refractivity (Wildman–Crippen MR) is 159 cm³/mol. The first-order chi connectivity index (χ1) is 19.9. The van der Waals surface area contributed by atoms with Gasteiger partial charge in [-0.1, -0.05) is 46.3 Å². The molecule has 1 saturated heterocycles. The Labute approximate surface area is 248 Å². The highest BCUT2D eigenvalue weighted by molar-refractivity contribution is 9.10. The van der Waals surface area contributed by atoms with Crippen LogP contribution in [0.4, 0.5) is 0 Å². The molecule has 3 aromatic carbocycles. The fourth-order valence-electron chi connectivity index (χ4n) is 5.79. The molecule has 0 bridgehead atoms. The van der Waals surface area contributed by atoms with Crippen molar-refractivity contribution >= 4 is 29.5 Å². The van der Waals surface area contributed by atoms with Gasteiger partial charge >= 0.3 is 7.75 Å². The molecule has 0 aromatic heterocycles. The van der Waals surface area contributed by atoms with E-state index in [1.807, 2.05) is 24.3 Å². The van der Waals surface area contributed by atoms with Crippen LogP contribution in [0, 0.1) is 0 Å². The van der Waals surface area contributed by atoms with Gasteiger partial charge in [0.2, 0.25) is 6.79 Å². The van der Waals surface area contributed by atoms with Crippen LogP contribution in [0.1, 0.15) is 46.7 Å². The minimum Gasteiger partial charge on any atom is -0.508 e. The molecular formula is C30H33BrN3O6P. The Hall–Kier alpha value is -2.88. The van der Waals surface area contributed by atoms with E-state index >= 15 is 0 Å². The lowest BCUT2D eigenvalue weighted by Gasteiger charge is -2.40. The number of phenols is 1. The first kappa shape index (κ1) is 28.2. The van der Waals surface area contributed by atoms with Crippen molar-refractivity contribution in [2.24, 2.45) is 4.76 Å². The van der Waals surface area contributed by atoms with Crippen molar-refractivity contribution in [1.82, 2.24) is 9.80 Å². The second kappa shape index (κ2) is 11.8. The Morgan fingerprint density at radius 2 is 1.71 bits per heavy atom. The van der Waals surface area contributed by atoms with Crippen molar-refractivity contribution in [1.29, 1.82) is 0 Å². The van der Waals surface area contributed by atoms with E-state index in [0.717, 1.165) is 46.4 Å². The molecule has 11 heteroatoms. The van der Waals surface area contributed by atoms with Crippen molar-refractivity contribution in [2.45, 2.75) is 38.4 Å². The van der Waals surface area contributed by atoms with Crippen molar-refractivity contribution in [3.8, 4) is 17.2 Å². The van der Waals surface area contributed by atoms with Gasteiger partial charge in [-0.3, -0.25) is 13.9 Å². The summed E-state index contributed by atoms with van der Waals surface area (Å²) in [5.74, 6) is 2.09. The molecule has 0 aliphatic carbocycles. The summed E-state index contributed by atoms with van der Waals surface area (Å²) in [7, 11) is -1.08. The van der Waals surface area contributed by atoms with Crippen LogP contribution in [0.2, 0.25) is 0 Å². The van der Waals surface area contributed by atoms with Crippen LogP contribution in [0.5, 0.6) is 17.2 Å². The van der Waals surface area contributed by atoms with Crippen LogP contribution in [0.3, 0.4) is 0 Å². The smallest absolute Gasteiger partial charge is 0.454 e. The van der Waals surface area contributed by atoms with Gasteiger partial charge in [0.1, 0.15) is 11.6 Å². The van der Waals surface area contributed by atoms with Gasteiger partial charge in [-0.25, -0.2) is 4.57 Å². The largest absolute Gasteiger partial charge is 0.508 e. The van der Waals surface area contributed by atoms with E-state index in [1.165, 1.54) is 32.6 Å². The van der Waals surface area contributed by atoms with E-state index in [-0.39, 0.29) is 18.6 Å². The van der Waals surface area contributed by atoms with Gasteiger partial charge in [0.15, 0.2) is 11.5 Å². The quantitative estimate of drug-likeness (QED) is 0.282. The second-order valence-corrected chi connectivity index (χ2v) is 13.2. The van der Waals surface area contributed by atoms with Gasteiger partial charge in [0, 0.05) is 38.2 Å². The van der Waals surface area contributed by atoms with Gasteiger partial charge in [0.25, 0.3) is 0 Å². The standard InChI is InChI=1S/C30H33BrN3O6P/c1-37-41(36,38-2)32-29-14-22-9-10-24(35)15-25(22)30(21-7-5-20(6-8-21)17-33-11-3-4-12-33)34(29)18-23-13-27-28(16-26(23)31)40-19-39-27/h5-10,13,15-16,30,35H,3-4,11-12,14,17-19H2,1-2H3/b32-29-. The summed E-state index contributed by atoms with van der Waals surface area (Å²) < 4.78 is 40.4. The molecule has 9 nitrogen and oxygen atoms in total. The molecule has 3 aromatic rings. The number of aromatic hydroxyl groups is 1. The molecule has 0 amide bonds. The molecule has 3 heterocycles. The van der Waals surface area contributed by atoms with Gasteiger partial charge < -0.3 is 19.5 Å². The maximum Gasteiger partial charge on any atom is 0.454 e. The lowest BCUT2D eigenvalue weighted by molar-refractivity contribution is 0.174. The zero-order valence-electron chi connectivity index (χ0n) is 23.1. The fourth-order valence-corrected chi connectivity index (χ4v) is 7.02. The average Bonchev–Trinajstić information content (AvgIpc) is 3.66. The van der Waals surface area contributed by atoms with Gasteiger partial charge in [-0.2, -0.15) is 4.76 Å². The van der Waals surface area contributed by atoms with Crippen molar-refractivity contribution < 1.29 is 28.2 Å². The summed E-state index contributed by atoms with van der Waals surface area (Å²) in [6.07, 6.45) is 2.89. The number of benzene rings is 3. The summed E-state index contributed by atoms with van der Waals surface area (Å²) in [6.45, 7) is 3.76. The van der Waals surface area contributed by atoms with Crippen LogP contribution in [0.25, 0.3) is 0 Å². The Bertz CT molecular complexity index is 1500. The Morgan fingerprint density at radius 1 is 1.00 bits per heavy atom. The van der Waals surface area contributed by atoms with Crippen LogP contribution < -0.4 is 9.47 Å². The molecule has 3 aliphatic heterocycles. The lowest BCUT2D eigenvalue weighted by atomic mass is 9.86. The molecule has 3 aliphatic rings. The average molecular weight is 642 g/mol. The Kier molecular flexibility index (Phi) is 8.12. The maximum atomic E-state index is 13.3. The molecule has 1 unspecified atom stereocenters. The number of hydrogen-bond donors (Lipinski definition) is 1. The van der Waals surface area contributed by atoms with Crippen molar-refractivity contribution in [2.75, 3.05) is 34.1 Å². The minimum atomic E-state index is -3.75. The SMILES string of the molecule is COP(=O)(/N=C1/Cc2ccc(O)cc2C(c2ccc(CN3CCCC3)cc2)N1Cc1cc2c(cc1Br)OCO2)OC. The highest BCUT2D eigenvalue weighted by atomic mass is 79.9. The molecule has 41 heavy (non-hydrogen) atoms. The Balaban J connectivity index is 1.46. The third-order valence-corrected chi connectivity index (χ3v) is 10.0. The molecule has 216 valence electrons. The molecular weight excluding hydrogens is 609 g/mol. The summed E-state index contributed by atoms with van der Waals surface area (Å²) in [5.41, 5.74) is 5.15. The molecule has 0 saturated carbocycles. The van der Waals surface area contributed by atoms with E-state index < -0.39 is 7.75 Å². The number of amidine groups is 1. The second-order valence-electron chi connectivity index (χ2n) is 10.5. The van der Waals surface area contributed by atoms with Gasteiger partial charge in [-0.15, -0.1) is 0 Å². The highest BCUT2D eigenvalue weighted by Crippen LogP contribution is 2.50. The number of likely N-dealkylation sites (tertiary alicyclic amines) is 1. The van der Waals surface area contributed by atoms with E-state index in [1.54, 1.807) is 6.07 Å². The van der Waals surface area contributed by atoms with E-state index in [2.05, 4.69) is 54.8 Å². The number of ether oxygens (including phenoxy) is 2. The number of halogens is 1. The van der Waals surface area contributed by atoms with E-state index in [9.17, 15) is 9.67 Å². The third kappa shape index (κ3) is 5.90. The topological polar surface area (TPSA) is 93.1 Å². The molecule has 0 radical (unpaired) electrons. The number of nitrogens with zero attached hydrogens (tertiary/aromatic N) is 3. The van der Waals surface area contributed by atoms with E-state index in [4.69, 9.17) is 18.5 Å². The summed E-state index contributed by atoms with van der Waals surface area (Å²) >= 11 is 3.71. The van der Waals surface area contributed by atoms with Crippen molar-refractivity contribution in [3.05, 3.63) is 86.9 Å². The summed E-state index contributed by atoms with van der Waals surface area (Å²) in [5, 5.41) is 10.5. The highest BCUT2D eigenvalue weighted by Gasteiger charge is 2.36. The minimum absolute atomic E-state index is 0.172. The molecule has 1 fully saturated rings. The first-order valence-electron chi connectivity index (χ1n) is 13.6. The Morgan fingerprint density at radius 3 is 2.41 bits per heavy atom. The molecule has 0 spiro atoms. The van der Waals surface area contributed by atoms with Crippen LogP contribution in [-0.2, 0) is 33.1 Å². The summed E-state index contributed by atoms with van der Waals surface area (Å²) in [6, 6.07) is 17.5. The van der Waals surface area contributed by atoms with Crippen LogP contribution in [0.15, 0.2) is 63.8 Å². The van der Waals surface area contributed by atoms with Gasteiger partial charge in [-0.05, 0) is 78.0 Å². The van der Waals surface area contributed by atoms with E-state index in [0.29, 0.717) is 30.3 Å². The monoisotopic (exact) mass is 641 g/mol. The maximum absolute atomic E-state index is 13.3. The van der Waals surface area contributed by atoms with Crippen LogP contribution >= 0.6 is 23.7 Å². The molecule has 6 rings (SSSR count). The number of rotatable bonds is 8. The summed E-state index contributed by atoms with van der Waals surface area (Å²) in [4.78, 5) is 4.58. The number of hydrogen-bond acceptors (Lipinski definition) is 7. The predicted octanol–water partition coefficient (Wildman–Crippen LogP) is 6.43. The third-order valence-electron chi connectivity index (χ3n) is 7.90. The van der Waals surface area contributed by atoms with Crippen LogP contribution in [-0.4, -0.2) is 54.8 Å². The normalized spacial score (nSPS) is 19.6. The van der Waals surface area contributed by atoms with Gasteiger partial charge in [0.05, 0.1) is 6.04 Å². The zero-order valence-corrected chi connectivity index (χ0v) is 25.6. The number of fused-ring (bicyclic) bond motifs is 2. The zero-order chi connectivity index (χ0) is 28.6. The first-order valence-corrected chi connectivity index (χ1v) is 15.9. The molecule has 1 atom stereocenters. The lowest BCUT2D eigenvalue weighted by Crippen LogP contribution is -2.40. The fraction of sp³-hybridized carbons (Fsp3) is 0.367. The molecule has 1 N–H and O–H groups in total. The van der Waals surface area contributed by atoms with Crippen molar-refractivity contribution in [3.63, 3.8) is 0 Å².